The van der Waals surface area contributed by atoms with Crippen LogP contribution in [-0.4, -0.2) is 17.8 Å². The van der Waals surface area contributed by atoms with Crippen LogP contribution in [0.15, 0.2) is 18.2 Å². The number of benzene rings is 1. The second-order valence-corrected chi connectivity index (χ2v) is 5.63. The molecule has 0 saturated carbocycles. The molecule has 1 aromatic rings. The summed E-state index contributed by atoms with van der Waals surface area (Å²) >= 11 is 11.9. The van der Waals surface area contributed by atoms with Crippen molar-refractivity contribution >= 4 is 46.7 Å². The molecule has 2 rings (SSSR count). The predicted molar refractivity (Wildman–Crippen MR) is 75.8 cm³/mol. The molecule has 0 spiro atoms. The van der Waals surface area contributed by atoms with Crippen molar-refractivity contribution in [2.24, 2.45) is 11.8 Å². The Morgan fingerprint density at radius 3 is 2.45 bits per heavy atom. The van der Waals surface area contributed by atoms with Crippen molar-refractivity contribution < 1.29 is 14.4 Å². The molecule has 0 bridgehead atoms. The number of carbonyl (C=O) groups is 3. The largest absolute Gasteiger partial charge is 0.335 e. The fourth-order valence-corrected chi connectivity index (χ4v) is 2.43. The number of carbonyl (C=O) groups excluding carboxylic acids is 3. The van der Waals surface area contributed by atoms with E-state index in [-0.39, 0.29) is 16.6 Å². The van der Waals surface area contributed by atoms with Crippen LogP contribution in [0.1, 0.15) is 13.8 Å². The van der Waals surface area contributed by atoms with Crippen molar-refractivity contribution in [2.45, 2.75) is 13.8 Å². The number of imide groups is 2. The summed E-state index contributed by atoms with van der Waals surface area (Å²) < 4.78 is 0. The minimum atomic E-state index is -0.928. The zero-order valence-corrected chi connectivity index (χ0v) is 12.3. The molecule has 0 radical (unpaired) electrons. The third-order valence-electron chi connectivity index (χ3n) is 3.02. The number of rotatable bonds is 2. The van der Waals surface area contributed by atoms with E-state index in [9.17, 15) is 14.4 Å². The Morgan fingerprint density at radius 1 is 1.20 bits per heavy atom. The molecule has 0 aliphatic carbocycles. The maximum absolute atomic E-state index is 12.4. The van der Waals surface area contributed by atoms with Gasteiger partial charge in [-0.3, -0.25) is 14.9 Å². The molecule has 0 aromatic heterocycles. The van der Waals surface area contributed by atoms with Gasteiger partial charge in [0.1, 0.15) is 5.92 Å². The lowest BCUT2D eigenvalue weighted by Gasteiger charge is -2.32. The Hall–Kier alpha value is -1.59. The summed E-state index contributed by atoms with van der Waals surface area (Å²) in [4.78, 5) is 36.9. The average Bonchev–Trinajstić information content (AvgIpc) is 2.32. The Labute approximate surface area is 125 Å². The van der Waals surface area contributed by atoms with Gasteiger partial charge in [0.2, 0.25) is 11.8 Å². The van der Waals surface area contributed by atoms with Crippen LogP contribution in [-0.2, 0) is 9.59 Å². The van der Waals surface area contributed by atoms with Crippen molar-refractivity contribution in [3.63, 3.8) is 0 Å². The maximum atomic E-state index is 12.4. The second kappa shape index (κ2) is 5.42. The molecule has 1 atom stereocenters. The van der Waals surface area contributed by atoms with E-state index in [4.69, 9.17) is 23.2 Å². The van der Waals surface area contributed by atoms with Crippen LogP contribution in [0.3, 0.4) is 0 Å². The van der Waals surface area contributed by atoms with Crippen LogP contribution in [0, 0.1) is 11.8 Å². The van der Waals surface area contributed by atoms with E-state index in [0.29, 0.717) is 5.02 Å². The van der Waals surface area contributed by atoms with Gasteiger partial charge in [0.05, 0.1) is 10.7 Å². The summed E-state index contributed by atoms with van der Waals surface area (Å²) in [5.74, 6) is -2.36. The van der Waals surface area contributed by atoms with Gasteiger partial charge in [-0.1, -0.05) is 37.0 Å². The molecule has 7 heteroatoms. The highest BCUT2D eigenvalue weighted by Gasteiger charge is 2.43. The molecule has 1 saturated heterocycles. The molecular weight excluding hydrogens is 303 g/mol. The molecule has 1 heterocycles. The summed E-state index contributed by atoms with van der Waals surface area (Å²) in [6.07, 6.45) is 0. The molecule has 4 amide bonds. The summed E-state index contributed by atoms with van der Waals surface area (Å²) in [7, 11) is 0. The highest BCUT2D eigenvalue weighted by molar-refractivity contribution is 6.38. The van der Waals surface area contributed by atoms with Crippen molar-refractivity contribution in [2.75, 3.05) is 4.90 Å². The number of barbiturate groups is 1. The van der Waals surface area contributed by atoms with E-state index < -0.39 is 23.8 Å². The van der Waals surface area contributed by atoms with E-state index in [1.807, 2.05) is 0 Å². The topological polar surface area (TPSA) is 66.5 Å². The van der Waals surface area contributed by atoms with Gasteiger partial charge < -0.3 is 0 Å². The zero-order chi connectivity index (χ0) is 15.0. The number of nitrogens with one attached hydrogen (secondary N) is 1. The summed E-state index contributed by atoms with van der Waals surface area (Å²) in [6, 6.07) is 3.63. The lowest BCUT2D eigenvalue weighted by Crippen LogP contribution is -2.59. The van der Waals surface area contributed by atoms with Crippen LogP contribution in [0.2, 0.25) is 10.0 Å². The zero-order valence-electron chi connectivity index (χ0n) is 10.8. The maximum Gasteiger partial charge on any atom is 0.335 e. The molecule has 106 valence electrons. The van der Waals surface area contributed by atoms with E-state index in [0.717, 1.165) is 4.90 Å². The second-order valence-electron chi connectivity index (χ2n) is 4.79. The van der Waals surface area contributed by atoms with Crippen LogP contribution in [0.4, 0.5) is 10.5 Å². The number of hydrogen-bond donors (Lipinski definition) is 1. The van der Waals surface area contributed by atoms with Crippen molar-refractivity contribution in [3.05, 3.63) is 28.2 Å². The summed E-state index contributed by atoms with van der Waals surface area (Å²) in [5, 5.41) is 2.70. The van der Waals surface area contributed by atoms with Gasteiger partial charge in [-0.25, -0.2) is 9.69 Å². The molecule has 1 aliphatic rings. The average molecular weight is 315 g/mol. The molecule has 1 fully saturated rings. The van der Waals surface area contributed by atoms with E-state index >= 15 is 0 Å². The number of amides is 4. The highest BCUT2D eigenvalue weighted by Crippen LogP contribution is 2.32. The first-order valence-electron chi connectivity index (χ1n) is 5.96. The molecule has 5 nitrogen and oxygen atoms in total. The minimum absolute atomic E-state index is 0.166. The fourth-order valence-electron chi connectivity index (χ4n) is 2.06. The fraction of sp³-hybridized carbons (Fsp3) is 0.308. The third-order valence-corrected chi connectivity index (χ3v) is 3.57. The minimum Gasteiger partial charge on any atom is -0.277 e. The van der Waals surface area contributed by atoms with Gasteiger partial charge in [0, 0.05) is 5.02 Å². The Bertz CT molecular complexity index is 601. The van der Waals surface area contributed by atoms with Gasteiger partial charge >= 0.3 is 6.03 Å². The van der Waals surface area contributed by atoms with E-state index in [1.165, 1.54) is 12.1 Å². The Morgan fingerprint density at radius 2 is 1.85 bits per heavy atom. The van der Waals surface area contributed by atoms with Gasteiger partial charge in [0.15, 0.2) is 0 Å². The standard InChI is InChI=1S/C13H12Cl2N2O3/c1-6(2)10-11(18)16-13(20)17(12(10)19)9-5-7(14)3-4-8(9)15/h3-6,10H,1-2H3,(H,16,18,20). The molecule has 1 N–H and O–H groups in total. The Kier molecular flexibility index (Phi) is 4.01. The van der Waals surface area contributed by atoms with Crippen molar-refractivity contribution in [1.29, 1.82) is 0 Å². The molecule has 20 heavy (non-hydrogen) atoms. The number of urea groups is 1. The SMILES string of the molecule is CC(C)C1C(=O)NC(=O)N(c2cc(Cl)ccc2Cl)C1=O. The number of anilines is 1. The molecular formula is C13H12Cl2N2O3. The van der Waals surface area contributed by atoms with Gasteiger partial charge in [0.25, 0.3) is 0 Å². The van der Waals surface area contributed by atoms with Crippen molar-refractivity contribution in [1.82, 2.24) is 5.32 Å². The van der Waals surface area contributed by atoms with Gasteiger partial charge in [-0.05, 0) is 24.1 Å². The van der Waals surface area contributed by atoms with Crippen LogP contribution in [0.25, 0.3) is 0 Å². The first kappa shape index (κ1) is 14.8. The van der Waals surface area contributed by atoms with Crippen LogP contribution < -0.4 is 10.2 Å². The first-order chi connectivity index (χ1) is 9.32. The van der Waals surface area contributed by atoms with E-state index in [2.05, 4.69) is 5.32 Å². The highest BCUT2D eigenvalue weighted by atomic mass is 35.5. The molecule has 1 aromatic carbocycles. The molecule has 1 aliphatic heterocycles. The normalized spacial score (nSPS) is 19.6. The molecule has 1 unspecified atom stereocenters. The third kappa shape index (κ3) is 2.51. The van der Waals surface area contributed by atoms with Crippen LogP contribution in [0.5, 0.6) is 0 Å². The van der Waals surface area contributed by atoms with Crippen molar-refractivity contribution in [3.8, 4) is 0 Å². The lowest BCUT2D eigenvalue weighted by atomic mass is 9.92. The van der Waals surface area contributed by atoms with Gasteiger partial charge in [-0.15, -0.1) is 0 Å². The summed E-state index contributed by atoms with van der Waals surface area (Å²) in [5.41, 5.74) is 0.166. The van der Waals surface area contributed by atoms with Gasteiger partial charge in [-0.2, -0.15) is 0 Å². The quantitative estimate of drug-likeness (QED) is 0.853. The number of nitrogens with zero attached hydrogens (tertiary/aromatic N) is 1. The lowest BCUT2D eigenvalue weighted by molar-refractivity contribution is -0.136. The monoisotopic (exact) mass is 314 g/mol. The van der Waals surface area contributed by atoms with E-state index in [1.54, 1.807) is 19.9 Å². The van der Waals surface area contributed by atoms with Crippen LogP contribution >= 0.6 is 23.2 Å². The first-order valence-corrected chi connectivity index (χ1v) is 6.72. The number of hydrogen-bond acceptors (Lipinski definition) is 3. The summed E-state index contributed by atoms with van der Waals surface area (Å²) in [6.45, 7) is 3.46. The Balaban J connectivity index is 2.49. The smallest absolute Gasteiger partial charge is 0.277 e. The predicted octanol–water partition coefficient (Wildman–Crippen LogP) is 2.85. The number of halogens is 2.